The van der Waals surface area contributed by atoms with Gasteiger partial charge in [-0.1, -0.05) is 29.8 Å². The maximum Gasteiger partial charge on any atom is 0.205 e. The molecule has 0 aromatic heterocycles. The molecule has 1 fully saturated rings. The quantitative estimate of drug-likeness (QED) is 0.578. The Morgan fingerprint density at radius 2 is 2.30 bits per heavy atom. The number of hydrogen-bond acceptors (Lipinski definition) is 4. The van der Waals surface area contributed by atoms with Crippen LogP contribution in [0.2, 0.25) is 5.02 Å². The first kappa shape index (κ1) is 15.8. The van der Waals surface area contributed by atoms with E-state index < -0.39 is 11.6 Å². The molecule has 1 saturated carbocycles. The summed E-state index contributed by atoms with van der Waals surface area (Å²) in [6, 6.07) is 7.36. The van der Waals surface area contributed by atoms with Gasteiger partial charge in [-0.15, -0.1) is 0 Å². The monoisotopic (exact) mass is 334 g/mol. The summed E-state index contributed by atoms with van der Waals surface area (Å²) in [5.41, 5.74) is 5.09. The smallest absolute Gasteiger partial charge is 0.205 e. The zero-order chi connectivity index (χ0) is 16.4. The van der Waals surface area contributed by atoms with Gasteiger partial charge in [0.1, 0.15) is 0 Å². The number of benzene rings is 1. The van der Waals surface area contributed by atoms with E-state index in [1.807, 2.05) is 18.2 Å². The van der Waals surface area contributed by atoms with Gasteiger partial charge in [0.15, 0.2) is 23.5 Å². The molecule has 0 unspecified atom stereocenters. The molecule has 23 heavy (non-hydrogen) atoms. The third kappa shape index (κ3) is 2.91. The third-order valence-electron chi connectivity index (χ3n) is 4.27. The number of ketones is 1. The number of aliphatic imine (C=N–C) groups is 1. The molecule has 0 spiro atoms. The number of halogens is 1. The van der Waals surface area contributed by atoms with Crippen molar-refractivity contribution in [1.29, 1.82) is 5.41 Å². The largest absolute Gasteiger partial charge is 0.470 e. The Morgan fingerprint density at radius 3 is 3.04 bits per heavy atom. The van der Waals surface area contributed by atoms with Crippen molar-refractivity contribution in [3.8, 4) is 0 Å². The lowest BCUT2D eigenvalue weighted by Gasteiger charge is -2.41. The summed E-state index contributed by atoms with van der Waals surface area (Å²) >= 11 is 6.34. The standard InChI is InChI=1S/C16H19ClN4O2/c17-11-5-2-1-4-10(11)16-8-3-6-12(14(16)22)23-13(21-16)7-9-20-15(18)19/h1-2,4-5,12H,3,6-9H2,(H4,18,19,20)/t12-,16-/m1/s1. The fraction of sp³-hybridized carbons (Fsp3) is 0.438. The van der Waals surface area contributed by atoms with Gasteiger partial charge >= 0.3 is 0 Å². The van der Waals surface area contributed by atoms with E-state index in [1.165, 1.54) is 0 Å². The molecule has 1 heterocycles. The second-order valence-corrected chi connectivity index (χ2v) is 6.21. The highest BCUT2D eigenvalue weighted by molar-refractivity contribution is 6.32. The van der Waals surface area contributed by atoms with E-state index in [0.29, 0.717) is 36.7 Å². The van der Waals surface area contributed by atoms with E-state index in [4.69, 9.17) is 27.5 Å². The number of nitrogens with two attached hydrogens (primary N) is 1. The van der Waals surface area contributed by atoms with E-state index >= 15 is 0 Å². The summed E-state index contributed by atoms with van der Waals surface area (Å²) in [5, 5.41) is 10.5. The normalized spacial score (nSPS) is 26.2. The molecule has 0 saturated heterocycles. The lowest BCUT2D eigenvalue weighted by molar-refractivity contribution is -0.137. The zero-order valence-electron chi connectivity index (χ0n) is 12.6. The first-order chi connectivity index (χ1) is 11.0. The van der Waals surface area contributed by atoms with Gasteiger partial charge in [0.25, 0.3) is 0 Å². The summed E-state index contributed by atoms with van der Waals surface area (Å²) in [6.07, 6.45) is 2.20. The number of carbonyl (C=O) groups is 1. The zero-order valence-corrected chi connectivity index (χ0v) is 13.4. The summed E-state index contributed by atoms with van der Waals surface area (Å²) in [7, 11) is 0. The number of Topliss-reactive ketones (excluding diaryl/α,β-unsaturated/α-hetero) is 1. The molecule has 1 aliphatic heterocycles. The van der Waals surface area contributed by atoms with Crippen molar-refractivity contribution in [1.82, 2.24) is 5.32 Å². The molecule has 3 rings (SSSR count). The highest BCUT2D eigenvalue weighted by Gasteiger charge is 2.51. The van der Waals surface area contributed by atoms with E-state index in [1.54, 1.807) is 6.07 Å². The Morgan fingerprint density at radius 1 is 1.52 bits per heavy atom. The maximum absolute atomic E-state index is 12.8. The van der Waals surface area contributed by atoms with Gasteiger partial charge in [0.2, 0.25) is 5.78 Å². The van der Waals surface area contributed by atoms with Crippen molar-refractivity contribution in [2.75, 3.05) is 6.54 Å². The van der Waals surface area contributed by atoms with Crippen LogP contribution < -0.4 is 11.1 Å². The fourth-order valence-corrected chi connectivity index (χ4v) is 3.53. The highest BCUT2D eigenvalue weighted by Crippen LogP contribution is 2.44. The van der Waals surface area contributed by atoms with Crippen LogP contribution in [-0.4, -0.2) is 30.3 Å². The second-order valence-electron chi connectivity index (χ2n) is 5.80. The van der Waals surface area contributed by atoms with Crippen LogP contribution in [0.4, 0.5) is 0 Å². The first-order valence-electron chi connectivity index (χ1n) is 7.65. The summed E-state index contributed by atoms with van der Waals surface area (Å²) in [5.74, 6) is 0.404. The third-order valence-corrected chi connectivity index (χ3v) is 4.60. The Kier molecular flexibility index (Phi) is 4.26. The lowest BCUT2D eigenvalue weighted by Crippen LogP contribution is -2.51. The van der Waals surface area contributed by atoms with Crippen molar-refractivity contribution in [3.63, 3.8) is 0 Å². The average molecular weight is 335 g/mol. The highest BCUT2D eigenvalue weighted by atomic mass is 35.5. The lowest BCUT2D eigenvalue weighted by atomic mass is 9.74. The van der Waals surface area contributed by atoms with Gasteiger partial charge in [-0.3, -0.25) is 10.2 Å². The molecular formula is C16H19ClN4O2. The van der Waals surface area contributed by atoms with Crippen LogP contribution in [0.3, 0.4) is 0 Å². The molecule has 4 N–H and O–H groups in total. The van der Waals surface area contributed by atoms with Crippen LogP contribution in [0.25, 0.3) is 0 Å². The van der Waals surface area contributed by atoms with Gasteiger partial charge in [0, 0.05) is 23.6 Å². The number of nitrogens with one attached hydrogen (secondary N) is 2. The van der Waals surface area contributed by atoms with Crippen LogP contribution in [0.15, 0.2) is 29.3 Å². The van der Waals surface area contributed by atoms with Crippen LogP contribution in [-0.2, 0) is 15.1 Å². The summed E-state index contributed by atoms with van der Waals surface area (Å²) < 4.78 is 5.74. The van der Waals surface area contributed by atoms with Gasteiger partial charge in [0.05, 0.1) is 0 Å². The van der Waals surface area contributed by atoms with Crippen molar-refractivity contribution in [2.24, 2.45) is 10.7 Å². The van der Waals surface area contributed by atoms with Gasteiger partial charge in [-0.25, -0.2) is 4.99 Å². The molecule has 0 amide bonds. The van der Waals surface area contributed by atoms with E-state index in [9.17, 15) is 4.79 Å². The minimum absolute atomic E-state index is 0.0138. The SMILES string of the molecule is N=C(N)NCCC1=N[C@@]2(c3ccccc3Cl)CCC[C@@H](O1)C2=O. The number of rotatable bonds is 4. The summed E-state index contributed by atoms with van der Waals surface area (Å²) in [4.78, 5) is 17.5. The Bertz CT molecular complexity index is 676. The predicted octanol–water partition coefficient (Wildman–Crippen LogP) is 1.96. The Labute approximate surface area is 139 Å². The number of guanidine groups is 1. The molecule has 6 nitrogen and oxygen atoms in total. The molecular weight excluding hydrogens is 316 g/mol. The Hall–Kier alpha value is -2.08. The Balaban J connectivity index is 1.95. The molecule has 1 aromatic rings. The molecule has 2 aliphatic rings. The van der Waals surface area contributed by atoms with Crippen LogP contribution in [0.5, 0.6) is 0 Å². The number of hydrogen-bond donors (Lipinski definition) is 3. The van der Waals surface area contributed by atoms with Gasteiger partial charge in [-0.2, -0.15) is 0 Å². The van der Waals surface area contributed by atoms with Crippen molar-refractivity contribution in [2.45, 2.75) is 37.3 Å². The second kappa shape index (κ2) is 6.20. The van der Waals surface area contributed by atoms with Crippen molar-refractivity contribution in [3.05, 3.63) is 34.9 Å². The van der Waals surface area contributed by atoms with Crippen LogP contribution in [0.1, 0.15) is 31.2 Å². The van der Waals surface area contributed by atoms with E-state index in [-0.39, 0.29) is 11.7 Å². The van der Waals surface area contributed by atoms with E-state index in [0.717, 1.165) is 12.0 Å². The summed E-state index contributed by atoms with van der Waals surface area (Å²) in [6.45, 7) is 0.438. The number of carbonyl (C=O) groups excluding carboxylic acids is 1. The topological polar surface area (TPSA) is 101 Å². The molecule has 7 heteroatoms. The molecule has 122 valence electrons. The number of fused-ring (bicyclic) bond motifs is 2. The first-order valence-corrected chi connectivity index (χ1v) is 8.03. The molecule has 2 bridgehead atoms. The van der Waals surface area contributed by atoms with Crippen molar-refractivity contribution < 1.29 is 9.53 Å². The van der Waals surface area contributed by atoms with Crippen LogP contribution in [0, 0.1) is 5.41 Å². The average Bonchev–Trinajstić information content (AvgIpc) is 2.49. The van der Waals surface area contributed by atoms with Crippen molar-refractivity contribution >= 4 is 29.2 Å². The predicted molar refractivity (Wildman–Crippen MR) is 88.8 cm³/mol. The van der Waals surface area contributed by atoms with Gasteiger partial charge in [-0.05, 0) is 25.3 Å². The number of nitrogens with zero attached hydrogens (tertiary/aromatic N) is 1. The minimum atomic E-state index is -0.939. The minimum Gasteiger partial charge on any atom is -0.470 e. The molecule has 1 aliphatic carbocycles. The molecule has 0 radical (unpaired) electrons. The van der Waals surface area contributed by atoms with Gasteiger partial charge < -0.3 is 15.8 Å². The molecule has 2 atom stereocenters. The van der Waals surface area contributed by atoms with E-state index in [2.05, 4.69) is 10.3 Å². The maximum atomic E-state index is 12.8. The molecule has 1 aromatic carbocycles. The van der Waals surface area contributed by atoms with Crippen LogP contribution >= 0.6 is 11.6 Å². The number of ether oxygens (including phenoxy) is 1. The fourth-order valence-electron chi connectivity index (χ4n) is 3.23.